The highest BCUT2D eigenvalue weighted by atomic mass is 127. The summed E-state index contributed by atoms with van der Waals surface area (Å²) in [5, 5.41) is 7.60. The number of likely N-dealkylation sites (tertiary alicyclic amines) is 1. The predicted molar refractivity (Wildman–Crippen MR) is 106 cm³/mol. The van der Waals surface area contributed by atoms with Crippen LogP contribution >= 0.6 is 35.3 Å². The van der Waals surface area contributed by atoms with Crippen molar-refractivity contribution in [1.82, 2.24) is 20.5 Å². The molecule has 1 fully saturated rings. The summed E-state index contributed by atoms with van der Waals surface area (Å²) in [6.07, 6.45) is -3.14. The van der Waals surface area contributed by atoms with Gasteiger partial charge in [0.2, 0.25) is 5.91 Å². The van der Waals surface area contributed by atoms with Crippen LogP contribution in [0.4, 0.5) is 13.2 Å². The van der Waals surface area contributed by atoms with Gasteiger partial charge < -0.3 is 15.5 Å². The van der Waals surface area contributed by atoms with Gasteiger partial charge in [0.25, 0.3) is 0 Å². The number of amides is 1. The summed E-state index contributed by atoms with van der Waals surface area (Å²) in [7, 11) is 0. The highest BCUT2D eigenvalue weighted by Gasteiger charge is 2.33. The van der Waals surface area contributed by atoms with Crippen LogP contribution in [-0.4, -0.2) is 47.4 Å². The van der Waals surface area contributed by atoms with E-state index in [0.717, 1.165) is 23.1 Å². The van der Waals surface area contributed by atoms with Crippen molar-refractivity contribution in [2.45, 2.75) is 45.5 Å². The Kier molecular flexibility index (Phi) is 9.07. The third-order valence-corrected chi connectivity index (χ3v) is 4.58. The number of hydrogen-bond acceptors (Lipinski definition) is 4. The molecule has 0 aromatic carbocycles. The first-order chi connectivity index (χ1) is 11.8. The van der Waals surface area contributed by atoms with E-state index >= 15 is 0 Å². The number of guanidine groups is 1. The number of carbonyl (C=O) groups excluding carboxylic acids is 1. The standard InChI is InChI=1S/C15H22F3N5OS.HI/c1-3-13(24)23-6-5-10(8-23)21-14(19-4-2)20-7-12-22-11(9-25-12)15(16,17)18;/h9-10H,3-8H2,1-2H3,(H2,19,20,21);1H. The zero-order valence-corrected chi connectivity index (χ0v) is 17.7. The van der Waals surface area contributed by atoms with E-state index in [-0.39, 0.29) is 42.5 Å². The van der Waals surface area contributed by atoms with Crippen molar-refractivity contribution in [1.29, 1.82) is 0 Å². The van der Waals surface area contributed by atoms with E-state index in [1.807, 2.05) is 13.8 Å². The van der Waals surface area contributed by atoms with Crippen molar-refractivity contribution < 1.29 is 18.0 Å². The van der Waals surface area contributed by atoms with Gasteiger partial charge in [0, 0.05) is 37.5 Å². The zero-order valence-electron chi connectivity index (χ0n) is 14.6. The highest BCUT2D eigenvalue weighted by Crippen LogP contribution is 2.30. The van der Waals surface area contributed by atoms with Crippen LogP contribution in [0.2, 0.25) is 0 Å². The summed E-state index contributed by atoms with van der Waals surface area (Å²) >= 11 is 0.940. The number of hydrogen-bond donors (Lipinski definition) is 2. The Bertz CT molecular complexity index is 623. The summed E-state index contributed by atoms with van der Waals surface area (Å²) in [6, 6.07) is 0.0790. The molecule has 148 valence electrons. The van der Waals surface area contributed by atoms with Gasteiger partial charge in [0.05, 0.1) is 6.54 Å². The molecule has 0 radical (unpaired) electrons. The van der Waals surface area contributed by atoms with Gasteiger partial charge in [0.1, 0.15) is 5.01 Å². The van der Waals surface area contributed by atoms with Crippen LogP contribution in [0, 0.1) is 0 Å². The number of thiazole rings is 1. The summed E-state index contributed by atoms with van der Waals surface area (Å²) in [5.74, 6) is 0.635. The second-order valence-corrected chi connectivity index (χ2v) is 6.59. The van der Waals surface area contributed by atoms with Crippen molar-refractivity contribution in [3.63, 3.8) is 0 Å². The summed E-state index contributed by atoms with van der Waals surface area (Å²) < 4.78 is 37.7. The summed E-state index contributed by atoms with van der Waals surface area (Å²) in [5.41, 5.74) is -0.884. The number of rotatable bonds is 5. The van der Waals surface area contributed by atoms with Crippen LogP contribution in [0.5, 0.6) is 0 Å². The summed E-state index contributed by atoms with van der Waals surface area (Å²) in [6.45, 7) is 5.74. The lowest BCUT2D eigenvalue weighted by molar-refractivity contribution is -0.140. The third-order valence-electron chi connectivity index (χ3n) is 3.74. The molecule has 0 spiro atoms. The fourth-order valence-electron chi connectivity index (χ4n) is 2.50. The molecule has 1 saturated heterocycles. The number of carbonyl (C=O) groups is 1. The molecule has 0 bridgehead atoms. The van der Waals surface area contributed by atoms with E-state index in [9.17, 15) is 18.0 Å². The van der Waals surface area contributed by atoms with E-state index in [0.29, 0.717) is 37.0 Å². The van der Waals surface area contributed by atoms with E-state index in [2.05, 4.69) is 20.6 Å². The molecule has 26 heavy (non-hydrogen) atoms. The van der Waals surface area contributed by atoms with Gasteiger partial charge in [-0.05, 0) is 13.3 Å². The Balaban J connectivity index is 0.00000338. The van der Waals surface area contributed by atoms with Gasteiger partial charge in [0.15, 0.2) is 11.7 Å². The number of aliphatic imine (C=N–C) groups is 1. The molecule has 2 N–H and O–H groups in total. The third kappa shape index (κ3) is 6.56. The Labute approximate surface area is 171 Å². The fourth-order valence-corrected chi connectivity index (χ4v) is 3.23. The SMILES string of the molecule is CCNC(=NCc1nc(C(F)(F)F)cs1)NC1CCN(C(=O)CC)C1.I. The highest BCUT2D eigenvalue weighted by molar-refractivity contribution is 14.0. The van der Waals surface area contributed by atoms with Crippen molar-refractivity contribution >= 4 is 47.2 Å². The van der Waals surface area contributed by atoms with Crippen LogP contribution in [0.25, 0.3) is 0 Å². The normalized spacial score (nSPS) is 17.8. The van der Waals surface area contributed by atoms with Gasteiger partial charge in [-0.1, -0.05) is 6.92 Å². The monoisotopic (exact) mass is 505 g/mol. The van der Waals surface area contributed by atoms with Crippen LogP contribution in [0.15, 0.2) is 10.4 Å². The Morgan fingerprint density at radius 3 is 2.77 bits per heavy atom. The molecule has 1 atom stereocenters. The van der Waals surface area contributed by atoms with Gasteiger partial charge in [-0.2, -0.15) is 13.2 Å². The van der Waals surface area contributed by atoms with Gasteiger partial charge in [-0.3, -0.25) is 4.79 Å². The first-order valence-electron chi connectivity index (χ1n) is 8.17. The molecule has 2 rings (SSSR count). The Morgan fingerprint density at radius 2 is 2.19 bits per heavy atom. The minimum atomic E-state index is -4.43. The van der Waals surface area contributed by atoms with Crippen molar-refractivity contribution in [2.75, 3.05) is 19.6 Å². The van der Waals surface area contributed by atoms with Gasteiger partial charge in [-0.25, -0.2) is 9.98 Å². The van der Waals surface area contributed by atoms with Crippen molar-refractivity contribution in [2.24, 2.45) is 4.99 Å². The lowest BCUT2D eigenvalue weighted by atomic mass is 10.3. The predicted octanol–water partition coefficient (Wildman–Crippen LogP) is 2.85. The maximum Gasteiger partial charge on any atom is 0.434 e. The van der Waals surface area contributed by atoms with E-state index < -0.39 is 11.9 Å². The van der Waals surface area contributed by atoms with E-state index in [1.165, 1.54) is 0 Å². The Hall–Kier alpha value is -1.11. The minimum Gasteiger partial charge on any atom is -0.357 e. The lowest BCUT2D eigenvalue weighted by Gasteiger charge is -2.18. The first-order valence-corrected chi connectivity index (χ1v) is 9.05. The lowest BCUT2D eigenvalue weighted by Crippen LogP contribution is -2.45. The van der Waals surface area contributed by atoms with Crippen molar-refractivity contribution in [3.05, 3.63) is 16.1 Å². The van der Waals surface area contributed by atoms with Crippen LogP contribution in [0.3, 0.4) is 0 Å². The largest absolute Gasteiger partial charge is 0.434 e. The van der Waals surface area contributed by atoms with E-state index in [4.69, 9.17) is 0 Å². The van der Waals surface area contributed by atoms with E-state index in [1.54, 1.807) is 4.90 Å². The second-order valence-electron chi connectivity index (χ2n) is 5.64. The first kappa shape index (κ1) is 22.9. The number of nitrogens with zero attached hydrogens (tertiary/aromatic N) is 3. The average Bonchev–Trinajstić information content (AvgIpc) is 3.21. The number of alkyl halides is 3. The van der Waals surface area contributed by atoms with Gasteiger partial charge in [-0.15, -0.1) is 35.3 Å². The molecule has 6 nitrogen and oxygen atoms in total. The number of aromatic nitrogens is 1. The van der Waals surface area contributed by atoms with Crippen LogP contribution in [-0.2, 0) is 17.5 Å². The molecule has 0 aliphatic carbocycles. The Morgan fingerprint density at radius 1 is 1.46 bits per heavy atom. The second kappa shape index (κ2) is 10.3. The smallest absolute Gasteiger partial charge is 0.357 e. The van der Waals surface area contributed by atoms with Crippen molar-refractivity contribution in [3.8, 4) is 0 Å². The molecule has 1 aliphatic heterocycles. The number of halogens is 4. The molecule has 1 amide bonds. The molecule has 11 heteroatoms. The molecular weight excluding hydrogens is 482 g/mol. The molecule has 1 aliphatic rings. The minimum absolute atomic E-state index is 0. The van der Waals surface area contributed by atoms with Crippen LogP contribution < -0.4 is 10.6 Å². The molecule has 1 aromatic heterocycles. The summed E-state index contributed by atoms with van der Waals surface area (Å²) in [4.78, 5) is 21.4. The topological polar surface area (TPSA) is 69.6 Å². The molecule has 2 heterocycles. The molecule has 0 saturated carbocycles. The number of nitrogens with one attached hydrogen (secondary N) is 2. The maximum absolute atomic E-state index is 12.6. The average molecular weight is 505 g/mol. The molecule has 1 unspecified atom stereocenters. The quantitative estimate of drug-likeness (QED) is 0.367. The van der Waals surface area contributed by atoms with Gasteiger partial charge >= 0.3 is 6.18 Å². The van der Waals surface area contributed by atoms with Crippen LogP contribution in [0.1, 0.15) is 37.4 Å². The zero-order chi connectivity index (χ0) is 18.4. The molecular formula is C15H23F3IN5OS. The fraction of sp³-hybridized carbons (Fsp3) is 0.667. The molecule has 1 aromatic rings. The maximum atomic E-state index is 12.6.